The predicted molar refractivity (Wildman–Crippen MR) is 106 cm³/mol. The molecule has 4 nitrogen and oxygen atoms in total. The van der Waals surface area contributed by atoms with Gasteiger partial charge in [0.15, 0.2) is 5.13 Å². The third-order valence-electron chi connectivity index (χ3n) is 4.89. The maximum atomic E-state index is 13.7. The normalized spacial score (nSPS) is 16.8. The summed E-state index contributed by atoms with van der Waals surface area (Å²) in [4.78, 5) is 19.6. The summed E-state index contributed by atoms with van der Waals surface area (Å²) >= 11 is 1.50. The molecule has 0 spiro atoms. The average molecular weight is 384 g/mol. The fourth-order valence-corrected chi connectivity index (χ4v) is 4.50. The summed E-state index contributed by atoms with van der Waals surface area (Å²) in [6.07, 6.45) is 1.89. The summed E-state index contributed by atoms with van der Waals surface area (Å²) in [5.41, 5.74) is 3.45. The number of nitrogens with zero attached hydrogens (tertiary/aromatic N) is 2. The van der Waals surface area contributed by atoms with Gasteiger partial charge in [0, 0.05) is 12.2 Å². The summed E-state index contributed by atoms with van der Waals surface area (Å²) < 4.78 is 20.5. The zero-order valence-electron chi connectivity index (χ0n) is 15.4. The van der Waals surface area contributed by atoms with Crippen molar-refractivity contribution in [1.29, 1.82) is 0 Å². The number of hydrogen-bond acceptors (Lipinski definition) is 4. The van der Waals surface area contributed by atoms with Crippen molar-refractivity contribution in [1.82, 2.24) is 4.98 Å². The van der Waals surface area contributed by atoms with Gasteiger partial charge in [0.05, 0.1) is 22.9 Å². The molecule has 0 N–H and O–H groups in total. The lowest BCUT2D eigenvalue weighted by Crippen LogP contribution is -2.37. The number of aromatic nitrogens is 1. The minimum atomic E-state index is -0.422. The van der Waals surface area contributed by atoms with Crippen molar-refractivity contribution in [2.75, 3.05) is 18.1 Å². The summed E-state index contributed by atoms with van der Waals surface area (Å²) in [5, 5.41) is 0.632. The number of carbonyl (C=O) groups is 1. The van der Waals surface area contributed by atoms with Gasteiger partial charge in [-0.25, -0.2) is 9.37 Å². The molecular formula is C21H21FN2O2S. The zero-order chi connectivity index (χ0) is 19.0. The Morgan fingerprint density at radius 1 is 1.30 bits per heavy atom. The molecule has 1 aromatic heterocycles. The van der Waals surface area contributed by atoms with Gasteiger partial charge >= 0.3 is 0 Å². The summed E-state index contributed by atoms with van der Waals surface area (Å²) in [6, 6.07) is 9.91. The first-order chi connectivity index (χ1) is 13.0. The van der Waals surface area contributed by atoms with Crippen LogP contribution in [0.15, 0.2) is 36.4 Å². The number of benzene rings is 2. The molecule has 1 aliphatic rings. The fourth-order valence-electron chi connectivity index (χ4n) is 3.38. The van der Waals surface area contributed by atoms with Crippen LogP contribution in [0, 0.1) is 19.7 Å². The first kappa shape index (κ1) is 18.1. The van der Waals surface area contributed by atoms with Gasteiger partial charge < -0.3 is 4.74 Å². The second kappa shape index (κ2) is 7.37. The third kappa shape index (κ3) is 3.59. The standard InChI is InChI=1S/C21H21FN2O2S/c1-13-8-9-14(2)19-18(13)23-21(27-19)24(12-17-7-4-10-26-17)20(25)15-5-3-6-16(22)11-15/h3,5-6,8-9,11,17H,4,7,10,12H2,1-2H3. The summed E-state index contributed by atoms with van der Waals surface area (Å²) in [6.45, 7) is 5.20. The molecule has 0 saturated carbocycles. The van der Waals surface area contributed by atoms with E-state index < -0.39 is 5.82 Å². The average Bonchev–Trinajstić information content (AvgIpc) is 3.32. The molecule has 1 atom stereocenters. The van der Waals surface area contributed by atoms with Gasteiger partial charge in [-0.3, -0.25) is 9.69 Å². The van der Waals surface area contributed by atoms with Crippen molar-refractivity contribution in [2.45, 2.75) is 32.8 Å². The van der Waals surface area contributed by atoms with Crippen LogP contribution < -0.4 is 4.90 Å². The molecule has 2 aromatic carbocycles. The van der Waals surface area contributed by atoms with Crippen LogP contribution in [0.2, 0.25) is 0 Å². The van der Waals surface area contributed by atoms with Crippen LogP contribution in [0.25, 0.3) is 10.2 Å². The minimum Gasteiger partial charge on any atom is -0.376 e. The van der Waals surface area contributed by atoms with Crippen LogP contribution in [-0.2, 0) is 4.74 Å². The summed E-state index contributed by atoms with van der Waals surface area (Å²) in [5.74, 6) is -0.673. The lowest BCUT2D eigenvalue weighted by atomic mass is 10.1. The van der Waals surface area contributed by atoms with Gasteiger partial charge in [0.2, 0.25) is 0 Å². The molecular weight excluding hydrogens is 363 g/mol. The molecule has 4 rings (SSSR count). The molecule has 1 saturated heterocycles. The van der Waals surface area contributed by atoms with E-state index >= 15 is 0 Å². The van der Waals surface area contributed by atoms with E-state index in [1.807, 2.05) is 19.9 Å². The number of hydrogen-bond donors (Lipinski definition) is 0. The minimum absolute atomic E-state index is 0.0169. The Labute approximate surface area is 161 Å². The maximum Gasteiger partial charge on any atom is 0.260 e. The van der Waals surface area contributed by atoms with Crippen LogP contribution in [0.4, 0.5) is 9.52 Å². The number of halogens is 1. The quantitative estimate of drug-likeness (QED) is 0.644. The number of rotatable bonds is 4. The van der Waals surface area contributed by atoms with Crippen molar-refractivity contribution in [3.8, 4) is 0 Å². The van der Waals surface area contributed by atoms with Gasteiger partial charge in [0.25, 0.3) is 5.91 Å². The lowest BCUT2D eigenvalue weighted by molar-refractivity contribution is 0.0917. The van der Waals surface area contributed by atoms with Crippen LogP contribution in [0.3, 0.4) is 0 Å². The SMILES string of the molecule is Cc1ccc(C)c2sc(N(CC3CCCO3)C(=O)c3cccc(F)c3)nc12. The number of aryl methyl sites for hydroxylation is 2. The second-order valence-electron chi connectivity index (χ2n) is 6.93. The number of fused-ring (bicyclic) bond motifs is 1. The van der Waals surface area contributed by atoms with E-state index in [4.69, 9.17) is 9.72 Å². The molecule has 1 fully saturated rings. The Bertz CT molecular complexity index is 956. The number of ether oxygens (including phenoxy) is 1. The molecule has 1 amide bonds. The van der Waals surface area contributed by atoms with Gasteiger partial charge in [-0.05, 0) is 56.0 Å². The van der Waals surface area contributed by atoms with Crippen molar-refractivity contribution < 1.29 is 13.9 Å². The van der Waals surface area contributed by atoms with Crippen LogP contribution >= 0.6 is 11.3 Å². The van der Waals surface area contributed by atoms with Gasteiger partial charge in [-0.1, -0.05) is 29.5 Å². The first-order valence-electron chi connectivity index (χ1n) is 9.08. The number of carbonyl (C=O) groups excluding carboxylic acids is 1. The Balaban J connectivity index is 1.76. The highest BCUT2D eigenvalue weighted by Gasteiger charge is 2.27. The highest BCUT2D eigenvalue weighted by atomic mass is 32.1. The first-order valence-corrected chi connectivity index (χ1v) is 9.90. The zero-order valence-corrected chi connectivity index (χ0v) is 16.2. The van der Waals surface area contributed by atoms with E-state index in [1.54, 1.807) is 17.0 Å². The fraction of sp³-hybridized carbons (Fsp3) is 0.333. The predicted octanol–water partition coefficient (Wildman–Crippen LogP) is 4.88. The van der Waals surface area contributed by atoms with E-state index in [0.717, 1.165) is 34.2 Å². The van der Waals surface area contributed by atoms with Crippen molar-refractivity contribution in [2.24, 2.45) is 0 Å². The van der Waals surface area contributed by atoms with E-state index in [1.165, 1.54) is 23.5 Å². The maximum absolute atomic E-state index is 13.7. The molecule has 3 aromatic rings. The van der Waals surface area contributed by atoms with Gasteiger partial charge in [-0.2, -0.15) is 0 Å². The third-order valence-corrected chi connectivity index (χ3v) is 6.10. The number of amides is 1. The van der Waals surface area contributed by atoms with Crippen molar-refractivity contribution in [3.63, 3.8) is 0 Å². The Kier molecular flexibility index (Phi) is 4.93. The van der Waals surface area contributed by atoms with Crippen LogP contribution in [0.1, 0.15) is 34.3 Å². The van der Waals surface area contributed by atoms with Gasteiger partial charge in [0.1, 0.15) is 5.82 Å². The molecule has 0 radical (unpaired) electrons. The Hall–Kier alpha value is -2.31. The molecule has 0 aliphatic carbocycles. The highest BCUT2D eigenvalue weighted by Crippen LogP contribution is 2.34. The monoisotopic (exact) mass is 384 g/mol. The molecule has 140 valence electrons. The van der Waals surface area contributed by atoms with E-state index in [2.05, 4.69) is 6.07 Å². The van der Waals surface area contributed by atoms with Crippen LogP contribution in [-0.4, -0.2) is 30.1 Å². The molecule has 2 heterocycles. The lowest BCUT2D eigenvalue weighted by Gasteiger charge is -2.23. The molecule has 27 heavy (non-hydrogen) atoms. The van der Waals surface area contributed by atoms with Crippen molar-refractivity contribution in [3.05, 3.63) is 58.9 Å². The molecule has 6 heteroatoms. The van der Waals surface area contributed by atoms with Crippen molar-refractivity contribution >= 4 is 32.6 Å². The highest BCUT2D eigenvalue weighted by molar-refractivity contribution is 7.22. The van der Waals surface area contributed by atoms with E-state index in [0.29, 0.717) is 23.8 Å². The Morgan fingerprint density at radius 2 is 2.11 bits per heavy atom. The van der Waals surface area contributed by atoms with Crippen LogP contribution in [0.5, 0.6) is 0 Å². The summed E-state index contributed by atoms with van der Waals surface area (Å²) in [7, 11) is 0. The molecule has 1 unspecified atom stereocenters. The molecule has 0 bridgehead atoms. The number of anilines is 1. The Morgan fingerprint density at radius 3 is 2.81 bits per heavy atom. The smallest absolute Gasteiger partial charge is 0.260 e. The largest absolute Gasteiger partial charge is 0.376 e. The molecule has 1 aliphatic heterocycles. The van der Waals surface area contributed by atoms with E-state index in [-0.39, 0.29) is 12.0 Å². The second-order valence-corrected chi connectivity index (χ2v) is 7.91. The van der Waals surface area contributed by atoms with Gasteiger partial charge in [-0.15, -0.1) is 0 Å². The number of thiazole rings is 1. The van der Waals surface area contributed by atoms with E-state index in [9.17, 15) is 9.18 Å². The topological polar surface area (TPSA) is 42.4 Å².